The maximum Gasteiger partial charge on any atom is 0.225 e. The highest BCUT2D eigenvalue weighted by molar-refractivity contribution is 7.11. The van der Waals surface area contributed by atoms with Crippen molar-refractivity contribution in [1.82, 2.24) is 9.88 Å². The number of halogens is 1. The van der Waals surface area contributed by atoms with Gasteiger partial charge >= 0.3 is 0 Å². The van der Waals surface area contributed by atoms with Gasteiger partial charge in [0.25, 0.3) is 0 Å². The number of aryl methyl sites for hydroxylation is 2. The topological polar surface area (TPSA) is 45.2 Å². The van der Waals surface area contributed by atoms with Crippen LogP contribution in [-0.4, -0.2) is 29.4 Å². The molecule has 1 aliphatic rings. The molecule has 0 fully saturated rings. The lowest BCUT2D eigenvalue weighted by atomic mass is 10.0. The Hall–Kier alpha value is -1.43. The molecular weight excluding hydrogens is 342 g/mol. The van der Waals surface area contributed by atoms with Crippen molar-refractivity contribution in [3.8, 4) is 0 Å². The Bertz CT molecular complexity index is 693. The van der Waals surface area contributed by atoms with Gasteiger partial charge in [-0.15, -0.1) is 11.3 Å². The summed E-state index contributed by atoms with van der Waals surface area (Å²) in [6.45, 7) is 1.50. The number of nitrogens with one attached hydrogen (secondary N) is 1. The van der Waals surface area contributed by atoms with Gasteiger partial charge in [0, 0.05) is 17.8 Å². The molecule has 3 rings (SSSR count). The molecule has 1 heterocycles. The summed E-state index contributed by atoms with van der Waals surface area (Å²) in [5.74, 6) is -0.0200. The van der Waals surface area contributed by atoms with Gasteiger partial charge in [0.15, 0.2) is 0 Å². The first-order valence-electron chi connectivity index (χ1n) is 8.32. The molecule has 24 heavy (non-hydrogen) atoms. The van der Waals surface area contributed by atoms with Gasteiger partial charge in [-0.2, -0.15) is 0 Å². The van der Waals surface area contributed by atoms with Crippen molar-refractivity contribution in [1.29, 1.82) is 0 Å². The second kappa shape index (κ2) is 8.10. The van der Waals surface area contributed by atoms with Crippen LogP contribution in [0.3, 0.4) is 0 Å². The van der Waals surface area contributed by atoms with E-state index in [9.17, 15) is 4.79 Å². The second-order valence-electron chi connectivity index (χ2n) is 6.20. The van der Waals surface area contributed by atoms with Gasteiger partial charge in [0.05, 0.1) is 22.9 Å². The van der Waals surface area contributed by atoms with Crippen molar-refractivity contribution in [3.05, 3.63) is 44.9 Å². The highest BCUT2D eigenvalue weighted by Gasteiger charge is 2.16. The molecule has 0 bridgehead atoms. The molecule has 1 N–H and O–H groups in total. The summed E-state index contributed by atoms with van der Waals surface area (Å²) in [5.41, 5.74) is 1.96. The molecule has 0 saturated heterocycles. The average Bonchev–Trinajstić information content (AvgIpc) is 2.97. The van der Waals surface area contributed by atoms with Crippen LogP contribution in [0.5, 0.6) is 0 Å². The predicted molar refractivity (Wildman–Crippen MR) is 99.8 cm³/mol. The lowest BCUT2D eigenvalue weighted by molar-refractivity contribution is -0.116. The molecule has 128 valence electrons. The van der Waals surface area contributed by atoms with Gasteiger partial charge in [0.2, 0.25) is 5.91 Å². The predicted octanol–water partition coefficient (Wildman–Crippen LogP) is 4.14. The van der Waals surface area contributed by atoms with Crippen molar-refractivity contribution in [3.63, 3.8) is 0 Å². The van der Waals surface area contributed by atoms with E-state index in [2.05, 4.69) is 10.2 Å². The van der Waals surface area contributed by atoms with Gasteiger partial charge in [0.1, 0.15) is 5.01 Å². The van der Waals surface area contributed by atoms with Crippen molar-refractivity contribution < 1.29 is 4.79 Å². The summed E-state index contributed by atoms with van der Waals surface area (Å²) in [7, 11) is 2.03. The van der Waals surface area contributed by atoms with Gasteiger partial charge in [-0.05, 0) is 44.9 Å². The van der Waals surface area contributed by atoms with E-state index in [4.69, 9.17) is 16.6 Å². The van der Waals surface area contributed by atoms with E-state index >= 15 is 0 Å². The van der Waals surface area contributed by atoms with Crippen LogP contribution in [0.2, 0.25) is 5.02 Å². The van der Waals surface area contributed by atoms with Crippen LogP contribution < -0.4 is 5.32 Å². The molecule has 1 aromatic carbocycles. The molecule has 0 unspecified atom stereocenters. The number of amides is 1. The van der Waals surface area contributed by atoms with E-state index in [-0.39, 0.29) is 5.91 Å². The number of anilines is 1. The average molecular weight is 364 g/mol. The molecule has 2 aromatic rings. The van der Waals surface area contributed by atoms with Crippen molar-refractivity contribution in [2.24, 2.45) is 0 Å². The van der Waals surface area contributed by atoms with Crippen LogP contribution >= 0.6 is 22.9 Å². The fourth-order valence-corrected chi connectivity index (χ4v) is 4.27. The van der Waals surface area contributed by atoms with Crippen LogP contribution in [0.15, 0.2) is 24.3 Å². The normalized spacial score (nSPS) is 13.8. The third kappa shape index (κ3) is 4.56. The number of hydrogen-bond acceptors (Lipinski definition) is 4. The Morgan fingerprint density at radius 1 is 1.33 bits per heavy atom. The lowest BCUT2D eigenvalue weighted by Crippen LogP contribution is -2.24. The standard InChI is InChI=1S/C18H22ClN3OS/c1-22(12-18-21-15-8-4-5-9-16(15)24-18)11-10-17(23)20-14-7-3-2-6-13(14)19/h2-3,6-7H,4-5,8-12H2,1H3,(H,20,23). The fourth-order valence-electron chi connectivity index (χ4n) is 2.85. The Labute approximate surface area is 151 Å². The minimum Gasteiger partial charge on any atom is -0.325 e. The number of carbonyl (C=O) groups excluding carboxylic acids is 1. The third-order valence-corrected chi connectivity index (χ3v) is 5.64. The van der Waals surface area contributed by atoms with Crippen molar-refractivity contribution >= 4 is 34.5 Å². The summed E-state index contributed by atoms with van der Waals surface area (Å²) < 4.78 is 0. The smallest absolute Gasteiger partial charge is 0.225 e. The van der Waals surface area contributed by atoms with Crippen LogP contribution in [0.4, 0.5) is 5.69 Å². The van der Waals surface area contributed by atoms with E-state index in [1.807, 2.05) is 36.6 Å². The van der Waals surface area contributed by atoms with Gasteiger partial charge in [-0.3, -0.25) is 9.69 Å². The summed E-state index contributed by atoms with van der Waals surface area (Å²) >= 11 is 7.89. The lowest BCUT2D eigenvalue weighted by Gasteiger charge is -2.15. The molecule has 1 aliphatic carbocycles. The number of carbonyl (C=O) groups is 1. The number of nitrogens with zero attached hydrogens (tertiary/aromatic N) is 2. The van der Waals surface area contributed by atoms with Crippen LogP contribution in [0, 0.1) is 0 Å². The number of aromatic nitrogens is 1. The van der Waals surface area contributed by atoms with Crippen molar-refractivity contribution in [2.75, 3.05) is 18.9 Å². The van der Waals surface area contributed by atoms with Crippen LogP contribution in [-0.2, 0) is 24.2 Å². The minimum absolute atomic E-state index is 0.0200. The molecule has 0 atom stereocenters. The highest BCUT2D eigenvalue weighted by Crippen LogP contribution is 2.27. The first kappa shape index (κ1) is 17.4. The van der Waals surface area contributed by atoms with Gasteiger partial charge < -0.3 is 5.32 Å². The number of rotatable bonds is 6. The quantitative estimate of drug-likeness (QED) is 0.839. The molecule has 0 spiro atoms. The fraction of sp³-hybridized carbons (Fsp3) is 0.444. The van der Waals surface area contributed by atoms with Crippen molar-refractivity contribution in [2.45, 2.75) is 38.6 Å². The van der Waals surface area contributed by atoms with E-state index < -0.39 is 0 Å². The zero-order valence-corrected chi connectivity index (χ0v) is 15.4. The Kier molecular flexibility index (Phi) is 5.87. The molecular formula is C18H22ClN3OS. The number of para-hydroxylation sites is 1. The van der Waals surface area contributed by atoms with E-state index in [0.717, 1.165) is 18.0 Å². The number of benzene rings is 1. The van der Waals surface area contributed by atoms with E-state index in [1.54, 1.807) is 6.07 Å². The highest BCUT2D eigenvalue weighted by atomic mass is 35.5. The molecule has 4 nitrogen and oxygen atoms in total. The van der Waals surface area contributed by atoms with Crippen LogP contribution in [0.25, 0.3) is 0 Å². The largest absolute Gasteiger partial charge is 0.325 e. The Morgan fingerprint density at radius 3 is 2.92 bits per heavy atom. The Balaban J connectivity index is 1.47. The first-order valence-corrected chi connectivity index (χ1v) is 9.51. The summed E-state index contributed by atoms with van der Waals surface area (Å²) in [6, 6.07) is 7.29. The molecule has 0 saturated carbocycles. The first-order chi connectivity index (χ1) is 11.6. The van der Waals surface area contributed by atoms with Gasteiger partial charge in [-0.1, -0.05) is 23.7 Å². The summed E-state index contributed by atoms with van der Waals surface area (Å²) in [5, 5.41) is 4.58. The minimum atomic E-state index is -0.0200. The SMILES string of the molecule is CN(CCC(=O)Nc1ccccc1Cl)Cc1nc2c(s1)CCCC2. The number of thiazole rings is 1. The maximum atomic E-state index is 12.1. The molecule has 1 amide bonds. The second-order valence-corrected chi connectivity index (χ2v) is 7.78. The summed E-state index contributed by atoms with van der Waals surface area (Å²) in [6.07, 6.45) is 5.28. The third-order valence-electron chi connectivity index (χ3n) is 4.16. The maximum absolute atomic E-state index is 12.1. The van der Waals surface area contributed by atoms with Gasteiger partial charge in [-0.25, -0.2) is 4.98 Å². The molecule has 0 radical (unpaired) electrons. The van der Waals surface area contributed by atoms with E-state index in [1.165, 1.54) is 29.8 Å². The molecule has 1 aromatic heterocycles. The zero-order chi connectivity index (χ0) is 16.9. The monoisotopic (exact) mass is 363 g/mol. The van der Waals surface area contributed by atoms with E-state index in [0.29, 0.717) is 23.7 Å². The van der Waals surface area contributed by atoms with Crippen LogP contribution in [0.1, 0.15) is 34.8 Å². The molecule has 0 aliphatic heterocycles. The zero-order valence-electron chi connectivity index (χ0n) is 13.8. The number of fused-ring (bicyclic) bond motifs is 1. The molecule has 6 heteroatoms. The number of hydrogen-bond donors (Lipinski definition) is 1. The summed E-state index contributed by atoms with van der Waals surface area (Å²) in [4.78, 5) is 20.4. The Morgan fingerprint density at radius 2 is 2.12 bits per heavy atom.